The van der Waals surface area contributed by atoms with Crippen LogP contribution in [0.25, 0.3) is 10.8 Å². The molecule has 1 N–H and O–H groups in total. The quantitative estimate of drug-likeness (QED) is 0.909. The average Bonchev–Trinajstić information content (AvgIpc) is 2.67. The highest BCUT2D eigenvalue weighted by Gasteiger charge is 2.24. The molecule has 5 nitrogen and oxygen atoms in total. The number of likely N-dealkylation sites (tertiary alicyclic amines) is 1. The number of rotatable bonds is 4. The van der Waals surface area contributed by atoms with Crippen LogP contribution in [-0.2, 0) is 24.0 Å². The van der Waals surface area contributed by atoms with E-state index in [4.69, 9.17) is 0 Å². The first kappa shape index (κ1) is 16.9. The van der Waals surface area contributed by atoms with Gasteiger partial charge in [0.1, 0.15) is 0 Å². The van der Waals surface area contributed by atoms with Crippen molar-refractivity contribution in [3.8, 4) is 0 Å². The molecular weight excluding hydrogens is 334 g/mol. The number of benzene rings is 1. The second-order valence-corrected chi connectivity index (χ2v) is 8.57. The minimum absolute atomic E-state index is 0.0460. The highest BCUT2D eigenvalue weighted by molar-refractivity contribution is 7.82. The fraction of sp³-hybridized carbons (Fsp3) is 0.526. The van der Waals surface area contributed by atoms with Crippen LogP contribution < -0.4 is 5.56 Å². The average molecular weight is 359 g/mol. The number of H-pyrrole nitrogens is 1. The Morgan fingerprint density at radius 3 is 2.60 bits per heavy atom. The topological polar surface area (TPSA) is 56.4 Å². The lowest BCUT2D eigenvalue weighted by Crippen LogP contribution is -2.39. The molecule has 0 amide bonds. The summed E-state index contributed by atoms with van der Waals surface area (Å²) in [4.78, 5) is 17.7. The first-order valence-corrected chi connectivity index (χ1v) is 10.5. The zero-order chi connectivity index (χ0) is 17.2. The van der Waals surface area contributed by atoms with E-state index in [1.165, 1.54) is 24.8 Å². The predicted octanol–water partition coefficient (Wildman–Crippen LogP) is 2.04. The lowest BCUT2D eigenvalue weighted by Gasteiger charge is -2.30. The maximum absolute atomic E-state index is 12.7. The van der Waals surface area contributed by atoms with Crippen LogP contribution in [0.3, 0.4) is 0 Å². The van der Waals surface area contributed by atoms with Crippen LogP contribution in [0.15, 0.2) is 29.1 Å². The molecule has 4 rings (SSSR count). The van der Waals surface area contributed by atoms with E-state index in [0.29, 0.717) is 12.3 Å². The Morgan fingerprint density at radius 2 is 1.80 bits per heavy atom. The normalized spacial score (nSPS) is 20.5. The van der Waals surface area contributed by atoms with Gasteiger partial charge in [-0.1, -0.05) is 24.6 Å². The number of nitrogens with zero attached hydrogens (tertiary/aromatic N) is 2. The van der Waals surface area contributed by atoms with Gasteiger partial charge in [-0.3, -0.25) is 4.79 Å². The molecule has 2 aromatic rings. The maximum Gasteiger partial charge on any atom is 0.256 e. The molecule has 3 heterocycles. The van der Waals surface area contributed by atoms with E-state index in [1.807, 2.05) is 28.6 Å². The number of aromatic nitrogens is 1. The van der Waals surface area contributed by atoms with Crippen molar-refractivity contribution in [1.29, 1.82) is 0 Å². The van der Waals surface area contributed by atoms with Crippen LogP contribution in [0.2, 0.25) is 0 Å². The number of nitrogens with one attached hydrogen (secondary N) is 1. The Bertz CT molecular complexity index is 842. The molecule has 1 aromatic carbocycles. The van der Waals surface area contributed by atoms with E-state index < -0.39 is 11.0 Å². The summed E-state index contributed by atoms with van der Waals surface area (Å²) in [5.41, 5.74) is 2.09. The standard InChI is InChI=1S/C19H25N3O2S/c23-19-17-7-3-2-6-15(17)16-8-11-22(14-18(16)20-19)25(24)13-12-21-9-4-1-5-10-21/h2-3,6-7H,1,4-5,8-14H2,(H,20,23). The molecule has 1 aromatic heterocycles. The lowest BCUT2D eigenvalue weighted by molar-refractivity contribution is 0.240. The van der Waals surface area contributed by atoms with Crippen molar-refractivity contribution in [2.75, 3.05) is 31.9 Å². The Balaban J connectivity index is 1.47. The summed E-state index contributed by atoms with van der Waals surface area (Å²) < 4.78 is 14.7. The second kappa shape index (κ2) is 7.40. The zero-order valence-electron chi connectivity index (χ0n) is 14.5. The molecule has 0 aliphatic carbocycles. The van der Waals surface area contributed by atoms with Gasteiger partial charge in [0.25, 0.3) is 5.56 Å². The summed E-state index contributed by atoms with van der Waals surface area (Å²) in [7, 11) is -0.986. The molecule has 2 aliphatic rings. The van der Waals surface area contributed by atoms with Crippen molar-refractivity contribution in [3.05, 3.63) is 45.9 Å². The summed E-state index contributed by atoms with van der Waals surface area (Å²) in [5.74, 6) is 0.688. The van der Waals surface area contributed by atoms with Crippen molar-refractivity contribution in [2.24, 2.45) is 0 Å². The van der Waals surface area contributed by atoms with E-state index in [1.54, 1.807) is 0 Å². The second-order valence-electron chi connectivity index (χ2n) is 7.00. The van der Waals surface area contributed by atoms with E-state index in [-0.39, 0.29) is 5.56 Å². The fourth-order valence-electron chi connectivity index (χ4n) is 3.99. The Hall–Kier alpha value is -1.50. The van der Waals surface area contributed by atoms with Crippen molar-refractivity contribution < 1.29 is 4.21 Å². The molecule has 0 bridgehead atoms. The summed E-state index contributed by atoms with van der Waals surface area (Å²) >= 11 is 0. The van der Waals surface area contributed by atoms with Gasteiger partial charge in [0.15, 0.2) is 0 Å². The van der Waals surface area contributed by atoms with Crippen LogP contribution in [0.1, 0.15) is 30.5 Å². The molecular formula is C19H25N3O2S. The van der Waals surface area contributed by atoms with Gasteiger partial charge < -0.3 is 9.88 Å². The zero-order valence-corrected chi connectivity index (χ0v) is 15.3. The van der Waals surface area contributed by atoms with Crippen LogP contribution in [0.4, 0.5) is 0 Å². The molecule has 134 valence electrons. The van der Waals surface area contributed by atoms with E-state index in [9.17, 15) is 9.00 Å². The number of hydrogen-bond donors (Lipinski definition) is 1. The summed E-state index contributed by atoms with van der Waals surface area (Å²) in [6, 6.07) is 7.77. The molecule has 1 atom stereocenters. The predicted molar refractivity (Wildman–Crippen MR) is 102 cm³/mol. The number of pyridine rings is 1. The van der Waals surface area contributed by atoms with Crippen molar-refractivity contribution >= 4 is 21.8 Å². The van der Waals surface area contributed by atoms with Gasteiger partial charge in [-0.2, -0.15) is 0 Å². The molecule has 2 aliphatic heterocycles. The van der Waals surface area contributed by atoms with Gasteiger partial charge >= 0.3 is 0 Å². The van der Waals surface area contributed by atoms with E-state index in [0.717, 1.165) is 49.1 Å². The fourth-order valence-corrected chi connectivity index (χ4v) is 5.23. The third-order valence-electron chi connectivity index (χ3n) is 5.39. The summed E-state index contributed by atoms with van der Waals surface area (Å²) in [6.45, 7) is 4.54. The van der Waals surface area contributed by atoms with Gasteiger partial charge in [-0.05, 0) is 49.4 Å². The largest absolute Gasteiger partial charge is 0.324 e. The molecule has 1 unspecified atom stereocenters. The van der Waals surface area contributed by atoms with Gasteiger partial charge in [0.05, 0.1) is 23.3 Å². The molecule has 0 radical (unpaired) electrons. The molecule has 0 spiro atoms. The Labute approximate surface area is 150 Å². The number of piperidine rings is 1. The highest BCUT2D eigenvalue weighted by atomic mass is 32.2. The third-order valence-corrected chi connectivity index (χ3v) is 6.81. The Kier molecular flexibility index (Phi) is 5.01. The van der Waals surface area contributed by atoms with Gasteiger partial charge in [-0.15, -0.1) is 0 Å². The Morgan fingerprint density at radius 1 is 1.04 bits per heavy atom. The molecule has 6 heteroatoms. The molecule has 1 fully saturated rings. The highest BCUT2D eigenvalue weighted by Crippen LogP contribution is 2.24. The van der Waals surface area contributed by atoms with Gasteiger partial charge in [0, 0.05) is 24.2 Å². The maximum atomic E-state index is 12.7. The SMILES string of the molecule is O=c1[nH]c2c(c3ccccc13)CCN(S(=O)CCN1CCCCC1)C2. The summed E-state index contributed by atoms with van der Waals surface area (Å²) in [5, 5.41) is 1.79. The minimum Gasteiger partial charge on any atom is -0.324 e. The minimum atomic E-state index is -0.986. The van der Waals surface area contributed by atoms with E-state index >= 15 is 0 Å². The van der Waals surface area contributed by atoms with Crippen LogP contribution in [-0.4, -0.2) is 50.3 Å². The number of hydrogen-bond acceptors (Lipinski definition) is 3. The van der Waals surface area contributed by atoms with Crippen LogP contribution in [0.5, 0.6) is 0 Å². The molecule has 25 heavy (non-hydrogen) atoms. The van der Waals surface area contributed by atoms with Crippen LogP contribution in [0, 0.1) is 0 Å². The third kappa shape index (κ3) is 3.57. The van der Waals surface area contributed by atoms with Crippen LogP contribution >= 0.6 is 0 Å². The van der Waals surface area contributed by atoms with Gasteiger partial charge in [0.2, 0.25) is 0 Å². The van der Waals surface area contributed by atoms with Crippen molar-refractivity contribution in [2.45, 2.75) is 32.2 Å². The first-order chi connectivity index (χ1) is 12.2. The van der Waals surface area contributed by atoms with Gasteiger partial charge in [-0.25, -0.2) is 8.51 Å². The molecule has 0 saturated carbocycles. The number of fused-ring (bicyclic) bond motifs is 3. The lowest BCUT2D eigenvalue weighted by atomic mass is 9.99. The van der Waals surface area contributed by atoms with Crippen molar-refractivity contribution in [1.82, 2.24) is 14.2 Å². The monoisotopic (exact) mass is 359 g/mol. The first-order valence-electron chi connectivity index (χ1n) is 9.21. The molecule has 1 saturated heterocycles. The number of aromatic amines is 1. The van der Waals surface area contributed by atoms with Crippen molar-refractivity contribution in [3.63, 3.8) is 0 Å². The van der Waals surface area contributed by atoms with E-state index in [2.05, 4.69) is 9.88 Å². The summed E-state index contributed by atoms with van der Waals surface area (Å²) in [6.07, 6.45) is 4.68. The smallest absolute Gasteiger partial charge is 0.256 e.